The number of aromatic nitrogens is 2. The van der Waals surface area contributed by atoms with E-state index in [1.54, 1.807) is 0 Å². The maximum Gasteiger partial charge on any atom is 0.0829 e. The Morgan fingerprint density at radius 2 is 1.94 bits per heavy atom. The fourth-order valence-corrected chi connectivity index (χ4v) is 2.38. The Morgan fingerprint density at radius 3 is 2.56 bits per heavy atom. The van der Waals surface area contributed by atoms with Gasteiger partial charge in [-0.1, -0.05) is 24.3 Å². The number of rotatable bonds is 2. The van der Waals surface area contributed by atoms with Crippen LogP contribution in [-0.2, 0) is 6.54 Å². The third kappa shape index (κ3) is 1.80. The Balaban J connectivity index is 2.68. The Kier molecular flexibility index (Phi) is 3.15. The average Bonchev–Trinajstić information content (AvgIpc) is 2.56. The van der Waals surface area contributed by atoms with E-state index >= 15 is 0 Å². The molecule has 0 aliphatic heterocycles. The number of benzene rings is 1. The number of nitrogens with zero attached hydrogens (tertiary/aromatic N) is 2. The van der Waals surface area contributed by atoms with Gasteiger partial charge in [0, 0.05) is 12.1 Å². The summed E-state index contributed by atoms with van der Waals surface area (Å²) in [5.41, 5.74) is 4.74. The highest BCUT2D eigenvalue weighted by Crippen LogP contribution is 2.32. The highest BCUT2D eigenvalue weighted by atomic mass is 79.9. The van der Waals surface area contributed by atoms with Crippen LogP contribution in [0.15, 0.2) is 28.7 Å². The van der Waals surface area contributed by atoms with Crippen LogP contribution in [0.3, 0.4) is 0 Å². The van der Waals surface area contributed by atoms with Crippen LogP contribution in [0.5, 0.6) is 0 Å². The summed E-state index contributed by atoms with van der Waals surface area (Å²) in [5.74, 6) is 0. The molecule has 84 valence electrons. The van der Waals surface area contributed by atoms with Crippen LogP contribution in [0.1, 0.15) is 18.2 Å². The molecule has 0 atom stereocenters. The van der Waals surface area contributed by atoms with Crippen molar-refractivity contribution in [2.75, 3.05) is 0 Å². The summed E-state index contributed by atoms with van der Waals surface area (Å²) in [5, 5.41) is 4.52. The van der Waals surface area contributed by atoms with Crippen molar-refractivity contribution in [3.63, 3.8) is 0 Å². The van der Waals surface area contributed by atoms with Gasteiger partial charge in [0.2, 0.25) is 0 Å². The van der Waals surface area contributed by atoms with Crippen LogP contribution in [0, 0.1) is 13.8 Å². The largest absolute Gasteiger partial charge is 0.264 e. The minimum absolute atomic E-state index is 0.885. The lowest BCUT2D eigenvalue weighted by atomic mass is 10.1. The first-order chi connectivity index (χ1) is 7.65. The van der Waals surface area contributed by atoms with Crippen molar-refractivity contribution < 1.29 is 0 Å². The average molecular weight is 279 g/mol. The van der Waals surface area contributed by atoms with Gasteiger partial charge in [0.25, 0.3) is 0 Å². The fourth-order valence-electron chi connectivity index (χ4n) is 1.88. The molecule has 0 N–H and O–H groups in total. The molecule has 0 radical (unpaired) electrons. The predicted octanol–water partition coefficient (Wildman–Crippen LogP) is 3.95. The third-order valence-corrected chi connectivity index (χ3v) is 3.70. The van der Waals surface area contributed by atoms with Gasteiger partial charge in [0.15, 0.2) is 0 Å². The predicted molar refractivity (Wildman–Crippen MR) is 70.5 cm³/mol. The highest BCUT2D eigenvalue weighted by molar-refractivity contribution is 9.10. The molecule has 1 heterocycles. The van der Waals surface area contributed by atoms with Crippen molar-refractivity contribution in [2.45, 2.75) is 27.3 Å². The fraction of sp³-hybridized carbons (Fsp3) is 0.308. The van der Waals surface area contributed by atoms with E-state index in [0.717, 1.165) is 16.7 Å². The van der Waals surface area contributed by atoms with E-state index in [-0.39, 0.29) is 0 Å². The van der Waals surface area contributed by atoms with Crippen LogP contribution in [0.4, 0.5) is 0 Å². The van der Waals surface area contributed by atoms with E-state index in [1.807, 2.05) is 11.6 Å². The second kappa shape index (κ2) is 4.42. The van der Waals surface area contributed by atoms with Crippen LogP contribution in [0.25, 0.3) is 11.3 Å². The lowest BCUT2D eigenvalue weighted by Gasteiger charge is -2.08. The smallest absolute Gasteiger partial charge is 0.0829 e. The van der Waals surface area contributed by atoms with Gasteiger partial charge in [-0.25, -0.2) is 0 Å². The van der Waals surface area contributed by atoms with E-state index in [1.165, 1.54) is 16.8 Å². The normalized spacial score (nSPS) is 10.8. The second-order valence-corrected chi connectivity index (χ2v) is 4.67. The molecule has 3 heteroatoms. The number of hydrogen-bond acceptors (Lipinski definition) is 1. The summed E-state index contributed by atoms with van der Waals surface area (Å²) in [7, 11) is 0. The van der Waals surface area contributed by atoms with Crippen molar-refractivity contribution in [1.82, 2.24) is 9.78 Å². The van der Waals surface area contributed by atoms with Crippen molar-refractivity contribution >= 4 is 15.9 Å². The van der Waals surface area contributed by atoms with Crippen LogP contribution in [0.2, 0.25) is 0 Å². The first kappa shape index (κ1) is 11.4. The Morgan fingerprint density at radius 1 is 1.25 bits per heavy atom. The molecule has 0 aliphatic rings. The SMILES string of the molecule is CCn1nc(C)c(Br)c1-c1ccccc1C. The molecule has 2 rings (SSSR count). The lowest BCUT2D eigenvalue weighted by molar-refractivity contribution is 0.660. The molecule has 0 spiro atoms. The van der Waals surface area contributed by atoms with Gasteiger partial charge in [-0.3, -0.25) is 4.68 Å². The quantitative estimate of drug-likeness (QED) is 0.814. The molecule has 2 aromatic rings. The molecular formula is C13H15BrN2. The summed E-state index contributed by atoms with van der Waals surface area (Å²) >= 11 is 3.63. The van der Waals surface area contributed by atoms with E-state index < -0.39 is 0 Å². The topological polar surface area (TPSA) is 17.8 Å². The molecule has 0 bridgehead atoms. The van der Waals surface area contributed by atoms with Crippen molar-refractivity contribution in [1.29, 1.82) is 0 Å². The summed E-state index contributed by atoms with van der Waals surface area (Å²) in [4.78, 5) is 0. The zero-order chi connectivity index (χ0) is 11.7. The summed E-state index contributed by atoms with van der Waals surface area (Å²) in [6.45, 7) is 7.15. The molecule has 0 saturated carbocycles. The van der Waals surface area contributed by atoms with Gasteiger partial charge < -0.3 is 0 Å². The number of aryl methyl sites for hydroxylation is 3. The third-order valence-electron chi connectivity index (χ3n) is 2.75. The van der Waals surface area contributed by atoms with E-state index in [2.05, 4.69) is 59.1 Å². The van der Waals surface area contributed by atoms with Gasteiger partial charge in [0.05, 0.1) is 15.9 Å². The van der Waals surface area contributed by atoms with Gasteiger partial charge in [0.1, 0.15) is 0 Å². The summed E-state index contributed by atoms with van der Waals surface area (Å²) < 4.78 is 3.14. The molecule has 0 fully saturated rings. The lowest BCUT2D eigenvalue weighted by Crippen LogP contribution is -2.00. The van der Waals surface area contributed by atoms with Gasteiger partial charge >= 0.3 is 0 Å². The second-order valence-electron chi connectivity index (χ2n) is 3.88. The first-order valence-corrected chi connectivity index (χ1v) is 6.23. The minimum Gasteiger partial charge on any atom is -0.264 e. The summed E-state index contributed by atoms with van der Waals surface area (Å²) in [6, 6.07) is 8.40. The van der Waals surface area contributed by atoms with E-state index in [0.29, 0.717) is 0 Å². The number of halogens is 1. The minimum atomic E-state index is 0.885. The van der Waals surface area contributed by atoms with Crippen molar-refractivity contribution in [3.8, 4) is 11.3 Å². The van der Waals surface area contributed by atoms with Gasteiger partial charge in [-0.2, -0.15) is 5.10 Å². The molecule has 0 aliphatic carbocycles. The Hall–Kier alpha value is -1.09. The molecule has 1 aromatic carbocycles. The highest BCUT2D eigenvalue weighted by Gasteiger charge is 2.14. The van der Waals surface area contributed by atoms with Crippen molar-refractivity contribution in [3.05, 3.63) is 40.0 Å². The first-order valence-electron chi connectivity index (χ1n) is 5.44. The Labute approximate surface area is 104 Å². The van der Waals surface area contributed by atoms with Gasteiger partial charge in [-0.15, -0.1) is 0 Å². The Bertz CT molecular complexity index is 515. The van der Waals surface area contributed by atoms with Crippen LogP contribution in [-0.4, -0.2) is 9.78 Å². The zero-order valence-electron chi connectivity index (χ0n) is 9.79. The standard InChI is InChI=1S/C13H15BrN2/c1-4-16-13(12(14)10(3)15-16)11-8-6-5-7-9(11)2/h5-8H,4H2,1-3H3. The van der Waals surface area contributed by atoms with Crippen LogP contribution >= 0.6 is 15.9 Å². The molecule has 0 saturated heterocycles. The van der Waals surface area contributed by atoms with E-state index in [9.17, 15) is 0 Å². The molecule has 0 unspecified atom stereocenters. The summed E-state index contributed by atoms with van der Waals surface area (Å²) in [6.07, 6.45) is 0. The zero-order valence-corrected chi connectivity index (χ0v) is 11.4. The number of hydrogen-bond donors (Lipinski definition) is 0. The van der Waals surface area contributed by atoms with E-state index in [4.69, 9.17) is 0 Å². The molecule has 0 amide bonds. The molecule has 16 heavy (non-hydrogen) atoms. The van der Waals surface area contributed by atoms with Gasteiger partial charge in [-0.05, 0) is 42.3 Å². The molecular weight excluding hydrogens is 264 g/mol. The van der Waals surface area contributed by atoms with Crippen molar-refractivity contribution in [2.24, 2.45) is 0 Å². The molecule has 2 nitrogen and oxygen atoms in total. The molecule has 1 aromatic heterocycles. The van der Waals surface area contributed by atoms with Crippen LogP contribution < -0.4 is 0 Å². The monoisotopic (exact) mass is 278 g/mol. The maximum atomic E-state index is 4.52. The maximum absolute atomic E-state index is 4.52.